The molecule has 1 saturated carbocycles. The Morgan fingerprint density at radius 2 is 1.75 bits per heavy atom. The smallest absolute Gasteiger partial charge is 0.315 e. The van der Waals surface area contributed by atoms with Crippen LogP contribution < -0.4 is 10.6 Å². The van der Waals surface area contributed by atoms with E-state index < -0.39 is 27.8 Å². The number of urea groups is 1. The van der Waals surface area contributed by atoms with Gasteiger partial charge in [0.15, 0.2) is 9.84 Å². The van der Waals surface area contributed by atoms with Crippen LogP contribution in [0.4, 0.5) is 4.79 Å². The first-order valence-corrected chi connectivity index (χ1v) is 8.68. The molecule has 114 valence electrons. The molecule has 20 heavy (non-hydrogen) atoms. The molecule has 3 unspecified atom stereocenters. The Kier molecular flexibility index (Phi) is 4.52. The number of amides is 2. The number of sulfone groups is 1. The van der Waals surface area contributed by atoms with Gasteiger partial charge in [0, 0.05) is 12.1 Å². The Bertz CT molecular complexity index is 490. The molecular formula is C12H20N2O5S. The van der Waals surface area contributed by atoms with E-state index in [1.165, 1.54) is 0 Å². The zero-order chi connectivity index (χ0) is 14.8. The summed E-state index contributed by atoms with van der Waals surface area (Å²) < 4.78 is 22.6. The van der Waals surface area contributed by atoms with Crippen LogP contribution in [0.5, 0.6) is 0 Å². The lowest BCUT2D eigenvalue weighted by Gasteiger charge is -2.27. The maximum Gasteiger partial charge on any atom is 0.315 e. The third kappa shape index (κ3) is 4.09. The van der Waals surface area contributed by atoms with Crippen LogP contribution in [0, 0.1) is 5.92 Å². The van der Waals surface area contributed by atoms with Gasteiger partial charge in [0.1, 0.15) is 0 Å². The highest BCUT2D eigenvalue weighted by Gasteiger charge is 2.31. The third-order valence-electron chi connectivity index (χ3n) is 3.93. The van der Waals surface area contributed by atoms with Crippen molar-refractivity contribution in [3.05, 3.63) is 0 Å². The highest BCUT2D eigenvalue weighted by Crippen LogP contribution is 2.24. The van der Waals surface area contributed by atoms with Gasteiger partial charge >= 0.3 is 12.0 Å². The summed E-state index contributed by atoms with van der Waals surface area (Å²) in [5.74, 6) is -1.12. The maximum absolute atomic E-state index is 11.8. The topological polar surface area (TPSA) is 113 Å². The third-order valence-corrected chi connectivity index (χ3v) is 5.69. The van der Waals surface area contributed by atoms with Gasteiger partial charge in [-0.2, -0.15) is 0 Å². The second-order valence-electron chi connectivity index (χ2n) is 5.62. The Hall–Kier alpha value is -1.31. The van der Waals surface area contributed by atoms with Gasteiger partial charge in [-0.3, -0.25) is 4.79 Å². The lowest BCUT2D eigenvalue weighted by Crippen LogP contribution is -2.48. The molecule has 1 aliphatic carbocycles. The molecule has 2 aliphatic rings. The van der Waals surface area contributed by atoms with Crippen LogP contribution in [-0.2, 0) is 14.6 Å². The average Bonchev–Trinajstić information content (AvgIpc) is 2.68. The second kappa shape index (κ2) is 5.99. The number of rotatable bonds is 3. The van der Waals surface area contributed by atoms with Crippen molar-refractivity contribution in [3.8, 4) is 0 Å². The fraction of sp³-hybridized carbons (Fsp3) is 0.833. The van der Waals surface area contributed by atoms with Crippen molar-refractivity contribution < 1.29 is 23.1 Å². The monoisotopic (exact) mass is 304 g/mol. The lowest BCUT2D eigenvalue weighted by atomic mass is 9.86. The number of hydrogen-bond donors (Lipinski definition) is 3. The number of carboxylic acid groups (broad SMARTS) is 1. The Balaban J connectivity index is 1.78. The van der Waals surface area contributed by atoms with Gasteiger partial charge in [0.2, 0.25) is 0 Å². The van der Waals surface area contributed by atoms with E-state index in [9.17, 15) is 18.0 Å². The molecule has 1 heterocycles. The molecule has 3 N–H and O–H groups in total. The zero-order valence-corrected chi connectivity index (χ0v) is 12.0. The van der Waals surface area contributed by atoms with Crippen molar-refractivity contribution in [2.75, 3.05) is 11.5 Å². The minimum Gasteiger partial charge on any atom is -0.481 e. The van der Waals surface area contributed by atoms with Gasteiger partial charge in [-0.05, 0) is 25.7 Å². The largest absolute Gasteiger partial charge is 0.481 e. The molecule has 2 rings (SSSR count). The lowest BCUT2D eigenvalue weighted by molar-refractivity contribution is -0.143. The van der Waals surface area contributed by atoms with Crippen molar-refractivity contribution in [3.63, 3.8) is 0 Å². The fourth-order valence-electron chi connectivity index (χ4n) is 2.87. The average molecular weight is 304 g/mol. The molecule has 0 radical (unpaired) electrons. The first-order valence-electron chi connectivity index (χ1n) is 6.86. The van der Waals surface area contributed by atoms with Crippen molar-refractivity contribution in [2.24, 2.45) is 5.92 Å². The number of hydrogen-bond acceptors (Lipinski definition) is 4. The number of carbonyl (C=O) groups excluding carboxylic acids is 1. The quantitative estimate of drug-likeness (QED) is 0.685. The summed E-state index contributed by atoms with van der Waals surface area (Å²) in [5.41, 5.74) is 0. The summed E-state index contributed by atoms with van der Waals surface area (Å²) in [5, 5.41) is 14.4. The number of aliphatic carboxylic acids is 1. The predicted octanol–water partition coefficient (Wildman–Crippen LogP) is 0.116. The number of nitrogens with one attached hydrogen (secondary N) is 2. The van der Waals surface area contributed by atoms with Crippen LogP contribution in [0.25, 0.3) is 0 Å². The molecule has 7 nitrogen and oxygen atoms in total. The molecule has 0 bridgehead atoms. The molecule has 1 aliphatic heterocycles. The standard InChI is InChI=1S/C12H20N2O5S/c15-11(16)8-2-1-3-9(6-8)13-12(17)14-10-4-5-20(18,19)7-10/h8-10H,1-7H2,(H,15,16)(H2,13,14,17). The Morgan fingerprint density at radius 1 is 1.05 bits per heavy atom. The molecule has 0 spiro atoms. The first kappa shape index (κ1) is 15.1. The van der Waals surface area contributed by atoms with E-state index in [2.05, 4.69) is 10.6 Å². The van der Waals surface area contributed by atoms with Crippen molar-refractivity contribution in [2.45, 2.75) is 44.2 Å². The molecule has 0 aromatic carbocycles. The van der Waals surface area contributed by atoms with Crippen LogP contribution >= 0.6 is 0 Å². The van der Waals surface area contributed by atoms with Gasteiger partial charge < -0.3 is 15.7 Å². The van der Waals surface area contributed by atoms with Gasteiger partial charge in [-0.25, -0.2) is 13.2 Å². The first-order chi connectivity index (χ1) is 9.35. The summed E-state index contributed by atoms with van der Waals surface area (Å²) in [4.78, 5) is 22.7. The SMILES string of the molecule is O=C(NC1CCCC(C(=O)O)C1)NC1CCS(=O)(=O)C1. The summed E-state index contributed by atoms with van der Waals surface area (Å²) >= 11 is 0. The van der Waals surface area contributed by atoms with Crippen molar-refractivity contribution in [1.82, 2.24) is 10.6 Å². The zero-order valence-electron chi connectivity index (χ0n) is 11.2. The van der Waals surface area contributed by atoms with Crippen molar-refractivity contribution >= 4 is 21.8 Å². The van der Waals surface area contributed by atoms with E-state index in [1.807, 2.05) is 0 Å². The van der Waals surface area contributed by atoms with E-state index >= 15 is 0 Å². The van der Waals surface area contributed by atoms with Gasteiger partial charge in [-0.1, -0.05) is 6.42 Å². The Labute approximate surface area is 118 Å². The van der Waals surface area contributed by atoms with E-state index in [4.69, 9.17) is 5.11 Å². The van der Waals surface area contributed by atoms with E-state index in [0.717, 1.165) is 12.8 Å². The number of carboxylic acids is 1. The molecule has 3 atom stereocenters. The van der Waals surface area contributed by atoms with Gasteiger partial charge in [0.25, 0.3) is 0 Å². The Morgan fingerprint density at radius 3 is 2.35 bits per heavy atom. The normalized spacial score (nSPS) is 32.5. The van der Waals surface area contributed by atoms with Crippen LogP contribution in [0.2, 0.25) is 0 Å². The fourth-order valence-corrected chi connectivity index (χ4v) is 4.54. The molecule has 2 fully saturated rings. The minimum atomic E-state index is -3.01. The highest BCUT2D eigenvalue weighted by molar-refractivity contribution is 7.91. The van der Waals surface area contributed by atoms with Crippen molar-refractivity contribution in [1.29, 1.82) is 0 Å². The van der Waals surface area contributed by atoms with Crippen LogP contribution in [0.3, 0.4) is 0 Å². The highest BCUT2D eigenvalue weighted by atomic mass is 32.2. The molecular weight excluding hydrogens is 284 g/mol. The minimum absolute atomic E-state index is 0.0111. The second-order valence-corrected chi connectivity index (χ2v) is 7.85. The van der Waals surface area contributed by atoms with Gasteiger partial charge in [0.05, 0.1) is 17.4 Å². The summed E-state index contributed by atoms with van der Waals surface area (Å²) in [6.45, 7) is 0. The van der Waals surface area contributed by atoms with Gasteiger partial charge in [-0.15, -0.1) is 0 Å². The molecule has 2 amide bonds. The predicted molar refractivity (Wildman–Crippen MR) is 72.1 cm³/mol. The van der Waals surface area contributed by atoms with E-state index in [0.29, 0.717) is 19.3 Å². The van der Waals surface area contributed by atoms with E-state index in [1.54, 1.807) is 0 Å². The number of carbonyl (C=O) groups is 2. The van der Waals surface area contributed by atoms with Crippen LogP contribution in [0.1, 0.15) is 32.1 Å². The van der Waals surface area contributed by atoms with Crippen LogP contribution in [-0.4, -0.2) is 49.1 Å². The molecule has 0 aromatic rings. The summed E-state index contributed by atoms with van der Waals surface area (Å²) in [6.07, 6.45) is 3.07. The molecule has 0 aromatic heterocycles. The summed E-state index contributed by atoms with van der Waals surface area (Å²) in [6, 6.07) is -0.884. The molecule has 8 heteroatoms. The van der Waals surface area contributed by atoms with E-state index in [-0.39, 0.29) is 23.6 Å². The molecule has 1 saturated heterocycles. The summed E-state index contributed by atoms with van der Waals surface area (Å²) in [7, 11) is -3.01. The van der Waals surface area contributed by atoms with Crippen LogP contribution in [0.15, 0.2) is 0 Å². The maximum atomic E-state index is 11.8.